The molecule has 6 aromatic carbocycles. The van der Waals surface area contributed by atoms with Gasteiger partial charge in [0, 0.05) is 50.6 Å². The predicted molar refractivity (Wildman–Crippen MR) is 183 cm³/mol. The van der Waals surface area contributed by atoms with E-state index >= 15 is 0 Å². The number of benzene rings is 6. The number of pyridine rings is 1. The maximum atomic E-state index is 6.26. The lowest BCUT2D eigenvalue weighted by atomic mass is 9.96. The van der Waals surface area contributed by atoms with Crippen molar-refractivity contribution in [1.29, 1.82) is 0 Å². The average molecular weight is 591 g/mol. The third kappa shape index (κ3) is 3.64. The molecule has 0 saturated heterocycles. The Morgan fingerprint density at radius 3 is 1.67 bits per heavy atom. The van der Waals surface area contributed by atoms with Crippen LogP contribution in [0, 0.1) is 0 Å². The fourth-order valence-electron chi connectivity index (χ4n) is 6.79. The highest BCUT2D eigenvalue weighted by Gasteiger charge is 2.21. The smallest absolute Gasteiger partial charge is 0.164 e. The molecule has 6 nitrogen and oxygen atoms in total. The predicted octanol–water partition coefficient (Wildman–Crippen LogP) is 10.4. The van der Waals surface area contributed by atoms with Crippen molar-refractivity contribution in [2.24, 2.45) is 0 Å². The van der Waals surface area contributed by atoms with Gasteiger partial charge in [-0.3, -0.25) is 4.98 Å². The number of para-hydroxylation sites is 1. The summed E-state index contributed by atoms with van der Waals surface area (Å²) in [6.45, 7) is 0. The highest BCUT2D eigenvalue weighted by atomic mass is 16.3. The molecule has 214 valence electrons. The molecule has 0 radical (unpaired) electrons. The summed E-state index contributed by atoms with van der Waals surface area (Å²) >= 11 is 0. The Kier molecular flexibility index (Phi) is 5.19. The van der Waals surface area contributed by atoms with Crippen molar-refractivity contribution in [2.45, 2.75) is 0 Å². The third-order valence-electron chi connectivity index (χ3n) is 8.83. The maximum absolute atomic E-state index is 6.26. The molecule has 4 aromatic heterocycles. The average Bonchev–Trinajstić information content (AvgIpc) is 3.70. The molecular weight excluding hydrogens is 568 g/mol. The SMILES string of the molecule is c1ccc2c(c1)cc(-c1nc(-c3cccc4oc5ccccc5c34)nc(-c3cccc4oc5ccncc5c34)n1)c1ccccc12. The minimum absolute atomic E-state index is 0.555. The Bertz CT molecular complexity index is 2700. The van der Waals surface area contributed by atoms with E-state index in [0.29, 0.717) is 17.5 Å². The first kappa shape index (κ1) is 25.0. The summed E-state index contributed by atoms with van der Waals surface area (Å²) in [6, 6.07) is 41.1. The molecule has 0 aliphatic rings. The van der Waals surface area contributed by atoms with E-state index in [9.17, 15) is 0 Å². The minimum Gasteiger partial charge on any atom is -0.456 e. The fraction of sp³-hybridized carbons (Fsp3) is 0. The fourth-order valence-corrected chi connectivity index (χ4v) is 6.79. The van der Waals surface area contributed by atoms with E-state index in [1.807, 2.05) is 60.8 Å². The van der Waals surface area contributed by atoms with Gasteiger partial charge in [-0.05, 0) is 51.9 Å². The molecule has 0 fully saturated rings. The molecule has 0 aliphatic carbocycles. The van der Waals surface area contributed by atoms with E-state index in [1.54, 1.807) is 6.20 Å². The largest absolute Gasteiger partial charge is 0.456 e. The van der Waals surface area contributed by atoms with Crippen LogP contribution in [0.4, 0.5) is 0 Å². The van der Waals surface area contributed by atoms with Crippen molar-refractivity contribution >= 4 is 65.4 Å². The van der Waals surface area contributed by atoms with Crippen molar-refractivity contribution < 1.29 is 8.83 Å². The molecule has 4 heterocycles. The zero-order valence-electron chi connectivity index (χ0n) is 24.3. The van der Waals surface area contributed by atoms with Crippen molar-refractivity contribution in [2.75, 3.05) is 0 Å². The minimum atomic E-state index is 0.555. The molecule has 0 saturated carbocycles. The maximum Gasteiger partial charge on any atom is 0.164 e. The van der Waals surface area contributed by atoms with Crippen LogP contribution in [0.15, 0.2) is 143 Å². The highest BCUT2D eigenvalue weighted by Crippen LogP contribution is 2.40. The third-order valence-corrected chi connectivity index (χ3v) is 8.83. The van der Waals surface area contributed by atoms with Crippen LogP contribution in [0.2, 0.25) is 0 Å². The van der Waals surface area contributed by atoms with E-state index in [2.05, 4.69) is 71.7 Å². The Morgan fingerprint density at radius 2 is 0.935 bits per heavy atom. The van der Waals surface area contributed by atoms with Crippen LogP contribution in [0.3, 0.4) is 0 Å². The number of furan rings is 2. The van der Waals surface area contributed by atoms with Gasteiger partial charge in [-0.25, -0.2) is 15.0 Å². The van der Waals surface area contributed by atoms with E-state index in [1.165, 1.54) is 5.39 Å². The van der Waals surface area contributed by atoms with Crippen LogP contribution < -0.4 is 0 Å². The summed E-state index contributed by atoms with van der Waals surface area (Å²) in [5.74, 6) is 1.71. The lowest BCUT2D eigenvalue weighted by molar-refractivity contribution is 0.668. The number of fused-ring (bicyclic) bond motifs is 9. The van der Waals surface area contributed by atoms with Gasteiger partial charge in [0.05, 0.1) is 0 Å². The number of hydrogen-bond donors (Lipinski definition) is 0. The van der Waals surface area contributed by atoms with Crippen LogP contribution in [-0.2, 0) is 0 Å². The van der Waals surface area contributed by atoms with Gasteiger partial charge in [0.2, 0.25) is 0 Å². The molecule has 0 spiro atoms. The number of nitrogens with zero attached hydrogens (tertiary/aromatic N) is 4. The summed E-state index contributed by atoms with van der Waals surface area (Å²) in [4.78, 5) is 20.0. The number of hydrogen-bond acceptors (Lipinski definition) is 6. The van der Waals surface area contributed by atoms with Crippen molar-refractivity contribution in [3.8, 4) is 34.2 Å². The van der Waals surface area contributed by atoms with Gasteiger partial charge < -0.3 is 8.83 Å². The normalized spacial score (nSPS) is 11.9. The Labute approximate surface area is 261 Å². The first-order valence-electron chi connectivity index (χ1n) is 15.1. The highest BCUT2D eigenvalue weighted by molar-refractivity contribution is 6.15. The molecule has 0 aliphatic heterocycles. The van der Waals surface area contributed by atoms with E-state index < -0.39 is 0 Å². The van der Waals surface area contributed by atoms with Crippen molar-refractivity contribution in [3.63, 3.8) is 0 Å². The Morgan fingerprint density at radius 1 is 0.391 bits per heavy atom. The monoisotopic (exact) mass is 590 g/mol. The van der Waals surface area contributed by atoms with Gasteiger partial charge in [0.25, 0.3) is 0 Å². The van der Waals surface area contributed by atoms with Gasteiger partial charge in [-0.15, -0.1) is 0 Å². The van der Waals surface area contributed by atoms with Crippen LogP contribution in [0.1, 0.15) is 0 Å². The van der Waals surface area contributed by atoms with E-state index in [-0.39, 0.29) is 0 Å². The summed E-state index contributed by atoms with van der Waals surface area (Å²) in [5, 5.41) is 8.36. The van der Waals surface area contributed by atoms with E-state index in [4.69, 9.17) is 23.8 Å². The molecule has 0 N–H and O–H groups in total. The molecule has 6 heteroatoms. The summed E-state index contributed by atoms with van der Waals surface area (Å²) in [6.07, 6.45) is 3.58. The van der Waals surface area contributed by atoms with Crippen molar-refractivity contribution in [3.05, 3.63) is 134 Å². The van der Waals surface area contributed by atoms with Crippen LogP contribution in [0.5, 0.6) is 0 Å². The Balaban J connectivity index is 1.33. The summed E-state index contributed by atoms with van der Waals surface area (Å²) < 4.78 is 12.5. The van der Waals surface area contributed by atoms with Gasteiger partial charge in [-0.2, -0.15) is 0 Å². The molecule has 10 rings (SSSR count). The first-order valence-corrected chi connectivity index (χ1v) is 15.1. The molecule has 46 heavy (non-hydrogen) atoms. The number of aromatic nitrogens is 4. The van der Waals surface area contributed by atoms with Crippen LogP contribution in [0.25, 0.3) is 99.6 Å². The topological polar surface area (TPSA) is 77.8 Å². The molecule has 10 aromatic rings. The second kappa shape index (κ2) is 9.55. The molecule has 0 atom stereocenters. The first-order chi connectivity index (χ1) is 22.8. The van der Waals surface area contributed by atoms with E-state index in [0.717, 1.165) is 76.7 Å². The van der Waals surface area contributed by atoms with Gasteiger partial charge in [0.15, 0.2) is 17.5 Å². The van der Waals surface area contributed by atoms with Gasteiger partial charge in [-0.1, -0.05) is 91.0 Å². The second-order valence-corrected chi connectivity index (χ2v) is 11.4. The van der Waals surface area contributed by atoms with Gasteiger partial charge >= 0.3 is 0 Å². The zero-order valence-corrected chi connectivity index (χ0v) is 24.3. The summed E-state index contributed by atoms with van der Waals surface area (Å²) in [5.41, 5.74) is 5.79. The Hall–Kier alpha value is -6.40. The molecule has 0 unspecified atom stereocenters. The van der Waals surface area contributed by atoms with Crippen molar-refractivity contribution in [1.82, 2.24) is 19.9 Å². The molecular formula is C40H22N4O2. The zero-order chi connectivity index (χ0) is 30.2. The lowest BCUT2D eigenvalue weighted by Gasteiger charge is -2.13. The van der Waals surface area contributed by atoms with Crippen LogP contribution >= 0.6 is 0 Å². The lowest BCUT2D eigenvalue weighted by Crippen LogP contribution is -2.01. The standard InChI is InChI=1S/C40H22N4O2/c1-2-10-24-23(9-1)21-30(26-12-4-3-11-25(24)26)40-43-38(28-14-7-17-34-36(28)27-13-5-6-16-32(27)45-34)42-39(44-40)29-15-8-18-35-37(29)31-22-41-20-19-33(31)46-35/h1-22H. The molecule has 0 amide bonds. The number of rotatable bonds is 3. The summed E-state index contributed by atoms with van der Waals surface area (Å²) in [7, 11) is 0. The quantitative estimate of drug-likeness (QED) is 0.191. The second-order valence-electron chi connectivity index (χ2n) is 11.4. The van der Waals surface area contributed by atoms with Crippen LogP contribution in [-0.4, -0.2) is 19.9 Å². The van der Waals surface area contributed by atoms with Gasteiger partial charge in [0.1, 0.15) is 22.3 Å². The molecule has 0 bridgehead atoms.